The molecule has 1 aliphatic carbocycles. The van der Waals surface area contributed by atoms with E-state index in [4.69, 9.17) is 14.4 Å². The molecule has 206 valence electrons. The molecule has 8 heteroatoms. The number of ether oxygens (including phenoxy) is 1. The Balaban J connectivity index is 2.27. The largest absolute Gasteiger partial charge is 0.507 e. The number of allylic oxidation sites excluding steroid dienone is 4. The van der Waals surface area contributed by atoms with Gasteiger partial charge in [-0.3, -0.25) is 0 Å². The Bertz CT molecular complexity index is 1040. The van der Waals surface area contributed by atoms with Crippen molar-refractivity contribution in [3.8, 4) is 17.2 Å². The molecule has 0 saturated heterocycles. The van der Waals surface area contributed by atoms with E-state index < -0.39 is 0 Å². The second kappa shape index (κ2) is 13.5. The van der Waals surface area contributed by atoms with Crippen molar-refractivity contribution in [3.05, 3.63) is 40.5 Å². The number of oxime groups is 2. The van der Waals surface area contributed by atoms with Crippen LogP contribution >= 0.6 is 0 Å². The van der Waals surface area contributed by atoms with Gasteiger partial charge < -0.3 is 29.5 Å². The first-order valence-corrected chi connectivity index (χ1v) is 12.8. The first kappa shape index (κ1) is 30.2. The molecule has 0 spiro atoms. The number of benzene rings is 1. The number of aromatic hydroxyl groups is 2. The molecule has 0 radical (unpaired) electrons. The Hall–Kier alpha value is -3.00. The molecule has 8 nitrogen and oxygen atoms in total. The number of phenols is 2. The van der Waals surface area contributed by atoms with Gasteiger partial charge in [0.2, 0.25) is 0 Å². The second-order valence-electron chi connectivity index (χ2n) is 10.4. The third-order valence-corrected chi connectivity index (χ3v) is 7.75. The van der Waals surface area contributed by atoms with Crippen molar-refractivity contribution in [1.29, 1.82) is 0 Å². The number of phenolic OH excluding ortho intramolecular Hbond substituents is 2. The van der Waals surface area contributed by atoms with Gasteiger partial charge in [-0.05, 0) is 58.5 Å². The van der Waals surface area contributed by atoms with Gasteiger partial charge >= 0.3 is 0 Å². The zero-order valence-corrected chi connectivity index (χ0v) is 24.0. The van der Waals surface area contributed by atoms with Gasteiger partial charge in [-0.1, -0.05) is 54.9 Å². The topological polar surface area (TPSA) is 96.1 Å². The van der Waals surface area contributed by atoms with Gasteiger partial charge in [-0.25, -0.2) is 0 Å². The lowest BCUT2D eigenvalue weighted by Gasteiger charge is -2.43. The van der Waals surface area contributed by atoms with Crippen molar-refractivity contribution in [1.82, 2.24) is 4.90 Å². The highest BCUT2D eigenvalue weighted by atomic mass is 16.6. The Morgan fingerprint density at radius 1 is 1.19 bits per heavy atom. The third-order valence-electron chi connectivity index (χ3n) is 7.75. The van der Waals surface area contributed by atoms with Crippen LogP contribution in [0.2, 0.25) is 0 Å². The van der Waals surface area contributed by atoms with Crippen LogP contribution in [0.4, 0.5) is 0 Å². The standard InChI is InChI=1S/C29H45N3O5/c1-19(10-12-23-27(34)24(18-30-36-9)21(3)26(33)28(23)35-8)14-15-29(5)20(2)11-13-25(22(29)4)31-37-17-16-32(6)7/h10,14-15,18,20,22,33-34H,11-13,16-17H2,1-9H3/b15-14+,19-10+,30-18+,31-25+/t20-,22+,29+/m1/s1. The van der Waals surface area contributed by atoms with Gasteiger partial charge in [0, 0.05) is 29.2 Å². The van der Waals surface area contributed by atoms with Crippen LogP contribution in [0.15, 0.2) is 34.1 Å². The minimum absolute atomic E-state index is 0.0117. The van der Waals surface area contributed by atoms with Crippen LogP contribution < -0.4 is 4.74 Å². The number of rotatable bonds is 11. The summed E-state index contributed by atoms with van der Waals surface area (Å²) in [5.41, 5.74) is 3.44. The Labute approximate surface area is 222 Å². The molecular weight excluding hydrogens is 470 g/mol. The molecule has 1 saturated carbocycles. The van der Waals surface area contributed by atoms with Crippen LogP contribution in [0.3, 0.4) is 0 Å². The first-order chi connectivity index (χ1) is 17.5. The molecule has 0 heterocycles. The van der Waals surface area contributed by atoms with Crippen LogP contribution in [0, 0.1) is 24.2 Å². The van der Waals surface area contributed by atoms with Gasteiger partial charge in [-0.2, -0.15) is 0 Å². The molecule has 0 bridgehead atoms. The van der Waals surface area contributed by atoms with Crippen LogP contribution in [-0.4, -0.2) is 68.5 Å². The quantitative estimate of drug-likeness (QED) is 0.134. The van der Waals surface area contributed by atoms with Gasteiger partial charge in [-0.15, -0.1) is 0 Å². The van der Waals surface area contributed by atoms with Crippen molar-refractivity contribution >= 4 is 11.9 Å². The molecular formula is C29H45N3O5. The lowest BCUT2D eigenvalue weighted by Crippen LogP contribution is -2.40. The molecule has 0 aromatic heterocycles. The molecule has 37 heavy (non-hydrogen) atoms. The summed E-state index contributed by atoms with van der Waals surface area (Å²) < 4.78 is 5.43. The molecule has 2 N–H and O–H groups in total. The predicted octanol–water partition coefficient (Wildman–Crippen LogP) is 5.45. The van der Waals surface area contributed by atoms with Gasteiger partial charge in [0.15, 0.2) is 11.5 Å². The number of hydrogen-bond acceptors (Lipinski definition) is 8. The van der Waals surface area contributed by atoms with Gasteiger partial charge in [0.05, 0.1) is 19.0 Å². The minimum atomic E-state index is -0.0666. The van der Waals surface area contributed by atoms with Gasteiger partial charge in [0.25, 0.3) is 0 Å². The molecule has 2 rings (SSSR count). The van der Waals surface area contributed by atoms with E-state index in [1.165, 1.54) is 20.4 Å². The summed E-state index contributed by atoms with van der Waals surface area (Å²) in [6, 6.07) is 0. The van der Waals surface area contributed by atoms with Crippen molar-refractivity contribution in [2.24, 2.45) is 27.6 Å². The van der Waals surface area contributed by atoms with E-state index in [2.05, 4.69) is 48.1 Å². The van der Waals surface area contributed by atoms with Crippen molar-refractivity contribution in [2.75, 3.05) is 41.5 Å². The SMILES string of the molecule is CO/N=C/c1c(C)c(O)c(OC)c(C/C=C(C)/C=C/[C@@]2(C)[C@H](C)CC/C(=N\OCCN(C)C)[C@@H]2C)c1O. The van der Waals surface area contributed by atoms with E-state index in [9.17, 15) is 10.2 Å². The van der Waals surface area contributed by atoms with E-state index in [0.717, 1.165) is 30.7 Å². The third kappa shape index (κ3) is 7.28. The average molecular weight is 516 g/mol. The fraction of sp³-hybridized carbons (Fsp3) is 0.586. The maximum Gasteiger partial charge on any atom is 0.168 e. The minimum Gasteiger partial charge on any atom is -0.507 e. The molecule has 1 fully saturated rings. The average Bonchev–Trinajstić information content (AvgIpc) is 2.86. The summed E-state index contributed by atoms with van der Waals surface area (Å²) in [6.07, 6.45) is 10.2. The zero-order valence-electron chi connectivity index (χ0n) is 24.0. The Morgan fingerprint density at radius 2 is 1.89 bits per heavy atom. The smallest absolute Gasteiger partial charge is 0.168 e. The lowest BCUT2D eigenvalue weighted by molar-refractivity contribution is 0.116. The van der Waals surface area contributed by atoms with E-state index in [1.54, 1.807) is 6.92 Å². The highest BCUT2D eigenvalue weighted by Gasteiger charge is 2.41. The summed E-state index contributed by atoms with van der Waals surface area (Å²) >= 11 is 0. The van der Waals surface area contributed by atoms with E-state index in [-0.39, 0.29) is 28.6 Å². The van der Waals surface area contributed by atoms with E-state index in [1.807, 2.05) is 27.1 Å². The fourth-order valence-electron chi connectivity index (χ4n) is 4.67. The maximum absolute atomic E-state index is 10.9. The van der Waals surface area contributed by atoms with E-state index in [0.29, 0.717) is 35.6 Å². The zero-order chi connectivity index (χ0) is 27.8. The van der Waals surface area contributed by atoms with Gasteiger partial charge in [0.1, 0.15) is 19.5 Å². The number of nitrogens with zero attached hydrogens (tertiary/aromatic N) is 3. The first-order valence-electron chi connectivity index (χ1n) is 12.8. The molecule has 1 aromatic carbocycles. The monoisotopic (exact) mass is 515 g/mol. The summed E-state index contributed by atoms with van der Waals surface area (Å²) in [6.45, 7) is 12.0. The van der Waals surface area contributed by atoms with Crippen molar-refractivity contribution in [3.63, 3.8) is 0 Å². The summed E-state index contributed by atoms with van der Waals surface area (Å²) in [4.78, 5) is 12.5. The summed E-state index contributed by atoms with van der Waals surface area (Å²) in [7, 11) is 6.94. The number of methoxy groups -OCH3 is 1. The maximum atomic E-state index is 10.9. The molecule has 0 amide bonds. The van der Waals surface area contributed by atoms with Crippen LogP contribution in [0.25, 0.3) is 0 Å². The molecule has 1 aliphatic rings. The Kier molecular flexibility index (Phi) is 11.0. The predicted molar refractivity (Wildman–Crippen MR) is 150 cm³/mol. The van der Waals surface area contributed by atoms with E-state index >= 15 is 0 Å². The number of hydrogen-bond donors (Lipinski definition) is 2. The molecule has 0 aliphatic heterocycles. The summed E-state index contributed by atoms with van der Waals surface area (Å²) in [5.74, 6) is 0.992. The molecule has 1 aromatic rings. The van der Waals surface area contributed by atoms with Crippen LogP contribution in [-0.2, 0) is 16.1 Å². The Morgan fingerprint density at radius 3 is 2.51 bits per heavy atom. The highest BCUT2D eigenvalue weighted by Crippen LogP contribution is 2.46. The number of likely N-dealkylation sites (N-methyl/N-ethyl adjacent to an activating group) is 1. The normalized spacial score (nSPS) is 23.9. The van der Waals surface area contributed by atoms with Crippen molar-refractivity contribution < 1.29 is 24.6 Å². The lowest BCUT2D eigenvalue weighted by atomic mass is 9.61. The van der Waals surface area contributed by atoms with Crippen LogP contribution in [0.1, 0.15) is 57.2 Å². The second-order valence-corrected chi connectivity index (χ2v) is 10.4. The van der Waals surface area contributed by atoms with Crippen molar-refractivity contribution in [2.45, 2.75) is 53.9 Å². The summed E-state index contributed by atoms with van der Waals surface area (Å²) in [5, 5.41) is 29.8. The molecule has 0 unspecified atom stereocenters. The molecule has 3 atom stereocenters. The highest BCUT2D eigenvalue weighted by molar-refractivity contribution is 5.89. The fourth-order valence-corrected chi connectivity index (χ4v) is 4.67. The van der Waals surface area contributed by atoms with Crippen LogP contribution in [0.5, 0.6) is 17.2 Å².